The summed E-state index contributed by atoms with van der Waals surface area (Å²) >= 11 is 0. The van der Waals surface area contributed by atoms with Gasteiger partial charge in [0.05, 0.1) is 11.1 Å². The zero-order valence-corrected chi connectivity index (χ0v) is 9.75. The second kappa shape index (κ2) is 4.16. The molecule has 0 radical (unpaired) electrons. The van der Waals surface area contributed by atoms with Crippen molar-refractivity contribution in [2.24, 2.45) is 5.73 Å². The molecule has 1 aromatic carbocycles. The van der Waals surface area contributed by atoms with E-state index in [-0.39, 0.29) is 11.4 Å². The van der Waals surface area contributed by atoms with Crippen molar-refractivity contribution < 1.29 is 9.18 Å². The lowest BCUT2D eigenvalue weighted by Crippen LogP contribution is -2.15. The van der Waals surface area contributed by atoms with Gasteiger partial charge in [0.15, 0.2) is 5.82 Å². The first-order chi connectivity index (χ1) is 9.15. The number of aromatic nitrogens is 3. The van der Waals surface area contributed by atoms with Crippen molar-refractivity contribution in [2.75, 3.05) is 0 Å². The fraction of sp³-hybridized carbons (Fsp3) is 0. The second-order valence-corrected chi connectivity index (χ2v) is 4.02. The Morgan fingerprint density at radius 1 is 1.32 bits per heavy atom. The highest BCUT2D eigenvalue weighted by molar-refractivity contribution is 5.96. The highest BCUT2D eigenvalue weighted by atomic mass is 19.1. The molecule has 2 N–H and O–H groups in total. The Balaban J connectivity index is 2.22. The summed E-state index contributed by atoms with van der Waals surface area (Å²) in [6.07, 6.45) is 3.21. The van der Waals surface area contributed by atoms with Crippen molar-refractivity contribution >= 4 is 16.8 Å². The normalized spacial score (nSPS) is 10.8. The number of rotatable bonds is 2. The summed E-state index contributed by atoms with van der Waals surface area (Å²) in [6.45, 7) is 0. The lowest BCUT2D eigenvalue weighted by Gasteiger charge is -2.03. The van der Waals surface area contributed by atoms with Gasteiger partial charge in [-0.1, -0.05) is 0 Å². The van der Waals surface area contributed by atoms with Gasteiger partial charge in [0, 0.05) is 23.8 Å². The molecule has 19 heavy (non-hydrogen) atoms. The maximum atomic E-state index is 13.1. The minimum atomic E-state index is -0.589. The van der Waals surface area contributed by atoms with E-state index in [2.05, 4.69) is 10.1 Å². The molecule has 0 saturated heterocycles. The van der Waals surface area contributed by atoms with Crippen LogP contribution < -0.4 is 5.73 Å². The molecule has 5 nitrogen and oxygen atoms in total. The molecule has 2 heterocycles. The van der Waals surface area contributed by atoms with Crippen LogP contribution in [0.1, 0.15) is 10.4 Å². The fourth-order valence-corrected chi connectivity index (χ4v) is 1.87. The van der Waals surface area contributed by atoms with Crippen LogP contribution >= 0.6 is 0 Å². The fourth-order valence-electron chi connectivity index (χ4n) is 1.87. The third-order valence-electron chi connectivity index (χ3n) is 2.74. The van der Waals surface area contributed by atoms with Gasteiger partial charge < -0.3 is 5.73 Å². The Hall–Kier alpha value is -2.76. The van der Waals surface area contributed by atoms with E-state index in [1.54, 1.807) is 24.4 Å². The van der Waals surface area contributed by atoms with Gasteiger partial charge in [-0.25, -0.2) is 14.1 Å². The zero-order chi connectivity index (χ0) is 13.4. The van der Waals surface area contributed by atoms with Crippen LogP contribution in [0, 0.1) is 5.82 Å². The first-order valence-electron chi connectivity index (χ1n) is 5.55. The molecule has 0 aliphatic heterocycles. The summed E-state index contributed by atoms with van der Waals surface area (Å²) in [5.74, 6) is -0.630. The smallest absolute Gasteiger partial charge is 0.252 e. The summed E-state index contributed by atoms with van der Waals surface area (Å²) in [6, 6.07) is 7.46. The molecule has 0 aliphatic rings. The first kappa shape index (κ1) is 11.3. The molecule has 0 fully saturated rings. The first-order valence-corrected chi connectivity index (χ1v) is 5.55. The molecule has 0 atom stereocenters. The summed E-state index contributed by atoms with van der Waals surface area (Å²) in [5.41, 5.74) is 6.04. The number of hydrogen-bond acceptors (Lipinski definition) is 3. The highest BCUT2D eigenvalue weighted by Gasteiger charge is 2.12. The van der Waals surface area contributed by atoms with Crippen molar-refractivity contribution in [3.63, 3.8) is 0 Å². The molecule has 3 rings (SSSR count). The van der Waals surface area contributed by atoms with Gasteiger partial charge in [-0.05, 0) is 24.3 Å². The molecule has 0 bridgehead atoms. The molecule has 3 aromatic rings. The number of fused-ring (bicyclic) bond motifs is 1. The Bertz CT molecular complexity index is 781. The lowest BCUT2D eigenvalue weighted by atomic mass is 10.2. The maximum Gasteiger partial charge on any atom is 0.252 e. The standard InChI is InChI=1S/C13H9FN4O/c14-9-4-3-8-7-18(17-11(8)6-9)13-10(12(15)19)2-1-5-16-13/h1-7H,(H2,15,19). The zero-order valence-electron chi connectivity index (χ0n) is 9.75. The van der Waals surface area contributed by atoms with Crippen LogP contribution in [0.5, 0.6) is 0 Å². The quantitative estimate of drug-likeness (QED) is 0.757. The van der Waals surface area contributed by atoms with Crippen molar-refractivity contribution in [2.45, 2.75) is 0 Å². The third kappa shape index (κ3) is 1.93. The van der Waals surface area contributed by atoms with Crippen LogP contribution in [0.25, 0.3) is 16.7 Å². The number of carbonyl (C=O) groups excluding carboxylic acids is 1. The summed E-state index contributed by atoms with van der Waals surface area (Å²) in [4.78, 5) is 15.4. The highest BCUT2D eigenvalue weighted by Crippen LogP contribution is 2.17. The van der Waals surface area contributed by atoms with Gasteiger partial charge >= 0.3 is 0 Å². The number of amides is 1. The van der Waals surface area contributed by atoms with Gasteiger partial charge in [0.25, 0.3) is 5.91 Å². The number of nitrogens with zero attached hydrogens (tertiary/aromatic N) is 3. The molecule has 6 heteroatoms. The van der Waals surface area contributed by atoms with E-state index in [4.69, 9.17) is 5.73 Å². The van der Waals surface area contributed by atoms with Crippen LogP contribution in [0.2, 0.25) is 0 Å². The SMILES string of the molecule is NC(=O)c1cccnc1-n1cc2ccc(F)cc2n1. The Kier molecular flexibility index (Phi) is 2.49. The number of pyridine rings is 1. The van der Waals surface area contributed by atoms with Crippen molar-refractivity contribution in [3.8, 4) is 5.82 Å². The van der Waals surface area contributed by atoms with Gasteiger partial charge in [0.1, 0.15) is 5.82 Å². The van der Waals surface area contributed by atoms with Gasteiger partial charge in [-0.3, -0.25) is 4.79 Å². The van der Waals surface area contributed by atoms with Gasteiger partial charge in [-0.2, -0.15) is 5.10 Å². The molecule has 0 aliphatic carbocycles. The maximum absolute atomic E-state index is 13.1. The molecule has 0 unspecified atom stereocenters. The summed E-state index contributed by atoms with van der Waals surface area (Å²) < 4.78 is 14.5. The number of nitrogens with two attached hydrogens (primary N) is 1. The van der Waals surface area contributed by atoms with Crippen LogP contribution in [-0.2, 0) is 0 Å². The number of halogens is 1. The number of primary amides is 1. The van der Waals surface area contributed by atoms with Crippen LogP contribution in [0.15, 0.2) is 42.7 Å². The lowest BCUT2D eigenvalue weighted by molar-refractivity contribution is 0.1000. The van der Waals surface area contributed by atoms with Crippen LogP contribution in [0.3, 0.4) is 0 Å². The third-order valence-corrected chi connectivity index (χ3v) is 2.74. The monoisotopic (exact) mass is 256 g/mol. The number of carbonyl (C=O) groups is 1. The van der Waals surface area contributed by atoms with Crippen LogP contribution in [-0.4, -0.2) is 20.7 Å². The predicted molar refractivity (Wildman–Crippen MR) is 67.3 cm³/mol. The molecular weight excluding hydrogens is 247 g/mol. The largest absolute Gasteiger partial charge is 0.365 e. The minimum absolute atomic E-state index is 0.260. The molecule has 2 aromatic heterocycles. The molecule has 1 amide bonds. The predicted octanol–water partition coefficient (Wildman–Crippen LogP) is 1.66. The van der Waals surface area contributed by atoms with E-state index in [0.717, 1.165) is 5.39 Å². The van der Waals surface area contributed by atoms with Gasteiger partial charge in [-0.15, -0.1) is 0 Å². The molecular formula is C13H9FN4O. The number of benzene rings is 1. The van der Waals surface area contributed by atoms with Crippen molar-refractivity contribution in [3.05, 3.63) is 54.1 Å². The van der Waals surface area contributed by atoms with Crippen molar-refractivity contribution in [1.29, 1.82) is 0 Å². The van der Waals surface area contributed by atoms with Crippen molar-refractivity contribution in [1.82, 2.24) is 14.8 Å². The Labute approximate surface area is 107 Å². The van der Waals surface area contributed by atoms with E-state index in [1.807, 2.05) is 0 Å². The van der Waals surface area contributed by atoms with E-state index < -0.39 is 5.91 Å². The Morgan fingerprint density at radius 2 is 2.16 bits per heavy atom. The average Bonchev–Trinajstić information content (AvgIpc) is 2.81. The number of hydrogen-bond donors (Lipinski definition) is 1. The van der Waals surface area contributed by atoms with Crippen LogP contribution in [0.4, 0.5) is 4.39 Å². The topological polar surface area (TPSA) is 73.8 Å². The summed E-state index contributed by atoms with van der Waals surface area (Å²) in [7, 11) is 0. The second-order valence-electron chi connectivity index (χ2n) is 4.02. The Morgan fingerprint density at radius 3 is 2.95 bits per heavy atom. The van der Waals surface area contributed by atoms with E-state index >= 15 is 0 Å². The molecule has 0 saturated carbocycles. The van der Waals surface area contributed by atoms with Gasteiger partial charge in [0.2, 0.25) is 0 Å². The molecule has 94 valence electrons. The van der Waals surface area contributed by atoms with E-state index in [9.17, 15) is 9.18 Å². The van der Waals surface area contributed by atoms with E-state index in [0.29, 0.717) is 11.3 Å². The minimum Gasteiger partial charge on any atom is -0.365 e. The molecule has 0 spiro atoms. The average molecular weight is 256 g/mol. The van der Waals surface area contributed by atoms with E-state index in [1.165, 1.54) is 23.0 Å². The summed E-state index contributed by atoms with van der Waals surface area (Å²) in [5, 5.41) is 4.95.